The Bertz CT molecular complexity index is 1090. The van der Waals surface area contributed by atoms with Gasteiger partial charge in [0.05, 0.1) is 18.5 Å². The number of carboxylic acids is 2. The minimum absolute atomic E-state index is 0.00881. The molecular weight excluding hydrogens is 434 g/mol. The summed E-state index contributed by atoms with van der Waals surface area (Å²) in [6.45, 7) is 0.329. The van der Waals surface area contributed by atoms with Crippen molar-refractivity contribution in [2.45, 2.75) is 37.8 Å². The van der Waals surface area contributed by atoms with E-state index in [-0.39, 0.29) is 36.2 Å². The fraction of sp³-hybridized carbons (Fsp3) is 0.450. The van der Waals surface area contributed by atoms with Crippen LogP contribution in [0.2, 0.25) is 0 Å². The van der Waals surface area contributed by atoms with Crippen molar-refractivity contribution in [3.05, 3.63) is 22.5 Å². The fourth-order valence-corrected chi connectivity index (χ4v) is 3.55. The van der Waals surface area contributed by atoms with E-state index in [1.807, 2.05) is 0 Å². The van der Waals surface area contributed by atoms with Crippen LogP contribution in [0.4, 0.5) is 17.5 Å². The second-order valence-electron chi connectivity index (χ2n) is 7.75. The lowest BCUT2D eigenvalue weighted by molar-refractivity contribution is -0.143. The van der Waals surface area contributed by atoms with Gasteiger partial charge in [-0.05, 0) is 25.3 Å². The molecule has 1 aromatic heterocycles. The van der Waals surface area contributed by atoms with Gasteiger partial charge in [-0.25, -0.2) is 9.79 Å². The molecule has 1 aromatic rings. The maximum atomic E-state index is 12.4. The number of hydrogen-bond donors (Lipinski definition) is 5. The Kier molecular flexibility index (Phi) is 7.20. The number of carbonyl (C=O) groups is 3. The molecule has 1 aliphatic heterocycles. The first kappa shape index (κ1) is 23.6. The molecule has 0 bridgehead atoms. The summed E-state index contributed by atoms with van der Waals surface area (Å²) in [5.41, 5.74) is 6.23. The first-order valence-corrected chi connectivity index (χ1v) is 10.3. The number of H-pyrrole nitrogens is 1. The lowest BCUT2D eigenvalue weighted by atomic mass is 9.93. The van der Waals surface area contributed by atoms with E-state index < -0.39 is 29.8 Å². The van der Waals surface area contributed by atoms with Crippen LogP contribution in [-0.2, 0) is 14.4 Å². The second-order valence-corrected chi connectivity index (χ2v) is 7.75. The van der Waals surface area contributed by atoms with Crippen molar-refractivity contribution in [3.8, 4) is 0 Å². The van der Waals surface area contributed by atoms with E-state index in [1.165, 1.54) is 0 Å². The van der Waals surface area contributed by atoms with Crippen LogP contribution < -0.4 is 21.5 Å². The van der Waals surface area contributed by atoms with E-state index in [2.05, 4.69) is 25.3 Å². The smallest absolute Gasteiger partial charge is 0.326 e. The van der Waals surface area contributed by atoms with Crippen LogP contribution in [0.5, 0.6) is 0 Å². The number of fused-ring (bicyclic) bond motifs is 1. The molecule has 33 heavy (non-hydrogen) atoms. The number of carbonyl (C=O) groups excluding carboxylic acids is 1. The van der Waals surface area contributed by atoms with Crippen LogP contribution >= 0.6 is 0 Å². The predicted octanol–water partition coefficient (Wildman–Crippen LogP) is -0.286. The van der Waals surface area contributed by atoms with Crippen molar-refractivity contribution in [1.82, 2.24) is 15.3 Å². The number of likely N-dealkylation sites (N-methyl/N-ethyl adjacent to an activating group) is 1. The molecule has 6 N–H and O–H groups in total. The molecule has 176 valence electrons. The van der Waals surface area contributed by atoms with E-state index in [0.717, 1.165) is 5.71 Å². The van der Waals surface area contributed by atoms with Gasteiger partial charge in [-0.15, -0.1) is 0 Å². The number of allylic oxidation sites excluding steroid dienone is 1. The molecule has 13 nitrogen and oxygen atoms in total. The molecule has 0 fully saturated rings. The van der Waals surface area contributed by atoms with Crippen LogP contribution in [0, 0.1) is 5.92 Å². The summed E-state index contributed by atoms with van der Waals surface area (Å²) in [5.74, 6) is -3.16. The lowest BCUT2D eigenvalue weighted by Gasteiger charge is -2.29. The molecule has 13 heteroatoms. The Balaban J connectivity index is 1.59. The highest BCUT2D eigenvalue weighted by atomic mass is 16.4. The molecule has 0 saturated carbocycles. The molecule has 3 atom stereocenters. The Morgan fingerprint density at radius 2 is 2.15 bits per heavy atom. The second kappa shape index (κ2) is 10.1. The number of anilines is 2. The molecule has 3 rings (SSSR count). The molecule has 2 aliphatic rings. The Hall–Kier alpha value is -4.03. The highest BCUT2D eigenvalue weighted by Crippen LogP contribution is 2.26. The molecule has 1 amide bonds. The normalized spacial score (nSPS) is 21.5. The van der Waals surface area contributed by atoms with Gasteiger partial charge in [-0.3, -0.25) is 24.4 Å². The summed E-state index contributed by atoms with van der Waals surface area (Å²) >= 11 is 0. The van der Waals surface area contributed by atoms with E-state index in [0.29, 0.717) is 25.1 Å². The Labute approximate surface area is 188 Å². The molecular formula is C20H25N7O6. The summed E-state index contributed by atoms with van der Waals surface area (Å²) in [6, 6.07) is -1.52. The van der Waals surface area contributed by atoms with Crippen LogP contribution in [0.15, 0.2) is 26.9 Å². The van der Waals surface area contributed by atoms with Crippen LogP contribution in [0.3, 0.4) is 0 Å². The standard InChI is InChI=1S/C20H25N7O6/c1-27-12(9-23-16-15(27)18(31)26-20(21)25-16)8-22-11-4-2-10(3-5-11)17(30)24-13(19(32)33)6-7-14(28)29/h2,4,9-10,12-13H,3,5-8H2,1H3,(H,24,30)(H,28,29)(H,32,33)(H3,21,25,26,31). The number of aliphatic imine (C=N–C) groups is 2. The van der Waals surface area contributed by atoms with Gasteiger partial charge in [0.1, 0.15) is 11.7 Å². The first-order chi connectivity index (χ1) is 15.7. The minimum Gasteiger partial charge on any atom is -0.481 e. The van der Waals surface area contributed by atoms with Crippen molar-refractivity contribution in [2.75, 3.05) is 24.2 Å². The van der Waals surface area contributed by atoms with Gasteiger partial charge in [-0.2, -0.15) is 4.98 Å². The van der Waals surface area contributed by atoms with Crippen molar-refractivity contribution >= 4 is 47.2 Å². The third-order valence-electron chi connectivity index (χ3n) is 5.43. The highest BCUT2D eigenvalue weighted by Gasteiger charge is 2.27. The summed E-state index contributed by atoms with van der Waals surface area (Å²) in [4.78, 5) is 63.5. The first-order valence-electron chi connectivity index (χ1n) is 10.3. The number of hydrogen-bond acceptors (Lipinski definition) is 9. The molecule has 1 aliphatic carbocycles. The molecule has 0 spiro atoms. The summed E-state index contributed by atoms with van der Waals surface area (Å²) in [7, 11) is 1.74. The molecule has 0 saturated heterocycles. The number of carboxylic acid groups (broad SMARTS) is 2. The van der Waals surface area contributed by atoms with Gasteiger partial charge in [0.15, 0.2) is 5.82 Å². The number of nitrogens with one attached hydrogen (secondary N) is 2. The van der Waals surface area contributed by atoms with Crippen molar-refractivity contribution < 1.29 is 24.6 Å². The third-order valence-corrected chi connectivity index (χ3v) is 5.43. The van der Waals surface area contributed by atoms with Gasteiger partial charge < -0.3 is 26.2 Å². The summed E-state index contributed by atoms with van der Waals surface area (Å²) in [6.07, 6.45) is 5.40. The van der Waals surface area contributed by atoms with Gasteiger partial charge in [0.2, 0.25) is 11.9 Å². The van der Waals surface area contributed by atoms with E-state index >= 15 is 0 Å². The maximum absolute atomic E-state index is 12.4. The SMILES string of the molecule is CN1c2c(nc(N)[nH]c2=O)N=CC1CN=C1C=CC(C(=O)NC(CCC(=O)O)C(=O)O)CC1. The zero-order chi connectivity index (χ0) is 24.1. The minimum atomic E-state index is -1.27. The number of aromatic nitrogens is 2. The van der Waals surface area contributed by atoms with E-state index in [1.54, 1.807) is 30.3 Å². The fourth-order valence-electron chi connectivity index (χ4n) is 3.55. The number of amides is 1. The predicted molar refractivity (Wildman–Crippen MR) is 120 cm³/mol. The maximum Gasteiger partial charge on any atom is 0.326 e. The van der Waals surface area contributed by atoms with Gasteiger partial charge >= 0.3 is 11.9 Å². The molecule has 0 radical (unpaired) electrons. The zero-order valence-corrected chi connectivity index (χ0v) is 17.9. The highest BCUT2D eigenvalue weighted by molar-refractivity contribution is 5.98. The largest absolute Gasteiger partial charge is 0.481 e. The van der Waals surface area contributed by atoms with Crippen LogP contribution in [-0.4, -0.2) is 75.6 Å². The summed E-state index contributed by atoms with van der Waals surface area (Å²) < 4.78 is 0. The number of nitrogens with two attached hydrogens (primary N) is 1. The Morgan fingerprint density at radius 1 is 1.39 bits per heavy atom. The topological polar surface area (TPSA) is 203 Å². The molecule has 3 unspecified atom stereocenters. The Morgan fingerprint density at radius 3 is 2.79 bits per heavy atom. The summed E-state index contributed by atoms with van der Waals surface area (Å²) in [5, 5.41) is 20.3. The average Bonchev–Trinajstić information content (AvgIpc) is 2.75. The van der Waals surface area contributed by atoms with Crippen molar-refractivity contribution in [1.29, 1.82) is 0 Å². The molecule has 2 heterocycles. The number of nitrogens with zero attached hydrogens (tertiary/aromatic N) is 4. The van der Waals surface area contributed by atoms with E-state index in [9.17, 15) is 24.3 Å². The van der Waals surface area contributed by atoms with Crippen LogP contribution in [0.25, 0.3) is 0 Å². The van der Waals surface area contributed by atoms with Crippen LogP contribution in [0.1, 0.15) is 25.7 Å². The number of aromatic amines is 1. The molecule has 0 aromatic carbocycles. The average molecular weight is 459 g/mol. The number of aliphatic carboxylic acids is 2. The number of nitrogen functional groups attached to an aromatic ring is 1. The lowest BCUT2D eigenvalue weighted by Crippen LogP contribution is -2.44. The quantitative estimate of drug-likeness (QED) is 0.346. The van der Waals surface area contributed by atoms with Crippen molar-refractivity contribution in [2.24, 2.45) is 15.9 Å². The van der Waals surface area contributed by atoms with E-state index in [4.69, 9.17) is 10.8 Å². The van der Waals surface area contributed by atoms with Gasteiger partial charge in [0, 0.05) is 25.4 Å². The van der Waals surface area contributed by atoms with Gasteiger partial charge in [-0.1, -0.05) is 6.08 Å². The monoisotopic (exact) mass is 459 g/mol. The third kappa shape index (κ3) is 5.81. The van der Waals surface area contributed by atoms with Gasteiger partial charge in [0.25, 0.3) is 5.56 Å². The zero-order valence-electron chi connectivity index (χ0n) is 17.9. The number of rotatable bonds is 8. The van der Waals surface area contributed by atoms with Crippen molar-refractivity contribution in [3.63, 3.8) is 0 Å².